The molecule has 1 amide bonds. The highest BCUT2D eigenvalue weighted by Gasteiger charge is 2.11. The number of fused-ring (bicyclic) bond motifs is 1. The predicted molar refractivity (Wildman–Crippen MR) is 107 cm³/mol. The van der Waals surface area contributed by atoms with E-state index in [2.05, 4.69) is 36.0 Å². The maximum Gasteiger partial charge on any atom is 0.257 e. The standard InChI is InChI=1S/C21H26N4O/c1-5-19-15(4)25-14-16(8-13-20(25)23-19)21(26)22-17-9-11-18(12-10-17)24(6-2)7-3/h8-14H,5-7H2,1-4H3,(H,22,26). The third-order valence-electron chi connectivity index (χ3n) is 4.81. The lowest BCUT2D eigenvalue weighted by molar-refractivity contribution is 0.102. The smallest absolute Gasteiger partial charge is 0.257 e. The van der Waals surface area contributed by atoms with Gasteiger partial charge in [-0.1, -0.05) is 6.92 Å². The Morgan fingerprint density at radius 1 is 1.08 bits per heavy atom. The molecule has 3 rings (SSSR count). The molecule has 0 spiro atoms. The molecule has 0 aliphatic heterocycles. The minimum Gasteiger partial charge on any atom is -0.372 e. The van der Waals surface area contributed by atoms with Gasteiger partial charge in [-0.05, 0) is 63.6 Å². The molecule has 26 heavy (non-hydrogen) atoms. The van der Waals surface area contributed by atoms with Crippen LogP contribution in [0.5, 0.6) is 0 Å². The van der Waals surface area contributed by atoms with Crippen LogP contribution >= 0.6 is 0 Å². The van der Waals surface area contributed by atoms with Crippen LogP contribution in [-0.4, -0.2) is 28.4 Å². The molecule has 1 N–H and O–H groups in total. The van der Waals surface area contributed by atoms with Crippen molar-refractivity contribution >= 4 is 22.9 Å². The molecule has 0 bridgehead atoms. The number of hydrogen-bond donors (Lipinski definition) is 1. The Bertz CT molecular complexity index is 908. The third kappa shape index (κ3) is 3.43. The minimum absolute atomic E-state index is 0.117. The van der Waals surface area contributed by atoms with Crippen LogP contribution < -0.4 is 10.2 Å². The normalized spacial score (nSPS) is 10.9. The number of hydrogen-bond acceptors (Lipinski definition) is 3. The first-order valence-electron chi connectivity index (χ1n) is 9.21. The van der Waals surface area contributed by atoms with Crippen LogP contribution in [0.15, 0.2) is 42.6 Å². The van der Waals surface area contributed by atoms with E-state index < -0.39 is 0 Å². The molecule has 1 aromatic carbocycles. The van der Waals surface area contributed by atoms with Crippen LogP contribution in [-0.2, 0) is 6.42 Å². The van der Waals surface area contributed by atoms with Gasteiger partial charge in [0.25, 0.3) is 5.91 Å². The van der Waals surface area contributed by atoms with Gasteiger partial charge < -0.3 is 14.6 Å². The largest absolute Gasteiger partial charge is 0.372 e. The van der Waals surface area contributed by atoms with Gasteiger partial charge in [0, 0.05) is 36.4 Å². The van der Waals surface area contributed by atoms with Gasteiger partial charge in [0.15, 0.2) is 0 Å². The van der Waals surface area contributed by atoms with Gasteiger partial charge in [-0.2, -0.15) is 0 Å². The zero-order chi connectivity index (χ0) is 18.7. The van der Waals surface area contributed by atoms with E-state index in [1.54, 1.807) is 0 Å². The molecule has 3 aromatic rings. The number of amides is 1. The van der Waals surface area contributed by atoms with E-state index in [0.29, 0.717) is 5.56 Å². The molecular formula is C21H26N4O. The average molecular weight is 350 g/mol. The van der Waals surface area contributed by atoms with Crippen molar-refractivity contribution in [1.29, 1.82) is 0 Å². The molecule has 0 saturated heterocycles. The number of pyridine rings is 1. The fraction of sp³-hybridized carbons (Fsp3) is 0.333. The van der Waals surface area contributed by atoms with Crippen LogP contribution in [0, 0.1) is 6.92 Å². The number of aromatic nitrogens is 2. The number of benzene rings is 1. The van der Waals surface area contributed by atoms with Crippen LogP contribution in [0.1, 0.15) is 42.5 Å². The quantitative estimate of drug-likeness (QED) is 0.721. The van der Waals surface area contributed by atoms with E-state index in [1.807, 2.05) is 53.9 Å². The molecule has 0 aliphatic carbocycles. The fourth-order valence-electron chi connectivity index (χ4n) is 3.23. The van der Waals surface area contributed by atoms with Crippen LogP contribution in [0.2, 0.25) is 0 Å². The SMILES string of the molecule is CCc1nc2ccc(C(=O)Nc3ccc(N(CC)CC)cc3)cn2c1C. The van der Waals surface area contributed by atoms with Gasteiger partial charge in [0.1, 0.15) is 5.65 Å². The number of nitrogens with zero attached hydrogens (tertiary/aromatic N) is 3. The van der Waals surface area contributed by atoms with E-state index in [-0.39, 0.29) is 5.91 Å². The van der Waals surface area contributed by atoms with E-state index >= 15 is 0 Å². The molecule has 2 aromatic heterocycles. The van der Waals surface area contributed by atoms with Crippen molar-refractivity contribution in [1.82, 2.24) is 9.38 Å². The predicted octanol–water partition coefficient (Wildman–Crippen LogP) is 4.30. The van der Waals surface area contributed by atoms with Crippen molar-refractivity contribution < 1.29 is 4.79 Å². The molecule has 5 nitrogen and oxygen atoms in total. The molecule has 0 aliphatic rings. The molecule has 0 radical (unpaired) electrons. The molecule has 0 fully saturated rings. The molecular weight excluding hydrogens is 324 g/mol. The zero-order valence-corrected chi connectivity index (χ0v) is 15.9. The fourth-order valence-corrected chi connectivity index (χ4v) is 3.23. The summed E-state index contributed by atoms with van der Waals surface area (Å²) in [4.78, 5) is 19.5. The summed E-state index contributed by atoms with van der Waals surface area (Å²) in [5.41, 5.74) is 5.60. The van der Waals surface area contributed by atoms with E-state index in [4.69, 9.17) is 0 Å². The summed E-state index contributed by atoms with van der Waals surface area (Å²) < 4.78 is 1.98. The van der Waals surface area contributed by atoms with E-state index in [1.165, 1.54) is 0 Å². The van der Waals surface area contributed by atoms with Gasteiger partial charge in [0.05, 0.1) is 11.3 Å². The highest BCUT2D eigenvalue weighted by molar-refractivity contribution is 6.04. The summed E-state index contributed by atoms with van der Waals surface area (Å²) in [6, 6.07) is 11.7. The third-order valence-corrected chi connectivity index (χ3v) is 4.81. The maximum absolute atomic E-state index is 12.6. The van der Waals surface area contributed by atoms with Crippen LogP contribution in [0.3, 0.4) is 0 Å². The molecule has 0 atom stereocenters. The summed E-state index contributed by atoms with van der Waals surface area (Å²) in [5, 5.41) is 2.97. The summed E-state index contributed by atoms with van der Waals surface area (Å²) in [7, 11) is 0. The summed E-state index contributed by atoms with van der Waals surface area (Å²) in [6.07, 6.45) is 2.74. The second-order valence-electron chi connectivity index (χ2n) is 6.32. The number of aryl methyl sites for hydroxylation is 2. The molecule has 0 saturated carbocycles. The second-order valence-corrected chi connectivity index (χ2v) is 6.32. The number of anilines is 2. The first-order valence-corrected chi connectivity index (χ1v) is 9.21. The Balaban J connectivity index is 1.79. The van der Waals surface area contributed by atoms with Crippen molar-refractivity contribution in [2.45, 2.75) is 34.1 Å². The molecule has 2 heterocycles. The topological polar surface area (TPSA) is 49.6 Å². The highest BCUT2D eigenvalue weighted by Crippen LogP contribution is 2.19. The second kappa shape index (κ2) is 7.60. The first-order chi connectivity index (χ1) is 12.6. The lowest BCUT2D eigenvalue weighted by Gasteiger charge is -2.21. The highest BCUT2D eigenvalue weighted by atomic mass is 16.1. The Kier molecular flexibility index (Phi) is 5.26. The van der Waals surface area contributed by atoms with E-state index in [0.717, 1.165) is 47.9 Å². The maximum atomic E-state index is 12.6. The Hall–Kier alpha value is -2.82. The monoisotopic (exact) mass is 350 g/mol. The summed E-state index contributed by atoms with van der Waals surface area (Å²) in [6.45, 7) is 10.3. The van der Waals surface area contributed by atoms with Gasteiger partial charge in [-0.15, -0.1) is 0 Å². The number of rotatable bonds is 6. The van der Waals surface area contributed by atoms with Crippen LogP contribution in [0.25, 0.3) is 5.65 Å². The first kappa shape index (κ1) is 18.0. The Labute approximate surface area is 154 Å². The van der Waals surface area contributed by atoms with Gasteiger partial charge in [-0.3, -0.25) is 4.79 Å². The van der Waals surface area contributed by atoms with Crippen molar-refractivity contribution in [2.75, 3.05) is 23.3 Å². The summed E-state index contributed by atoms with van der Waals surface area (Å²) in [5.74, 6) is -0.117. The minimum atomic E-state index is -0.117. The van der Waals surface area contributed by atoms with Crippen molar-refractivity contribution in [2.24, 2.45) is 0 Å². The van der Waals surface area contributed by atoms with E-state index in [9.17, 15) is 4.79 Å². The van der Waals surface area contributed by atoms with Gasteiger partial charge in [-0.25, -0.2) is 4.98 Å². The zero-order valence-electron chi connectivity index (χ0n) is 15.9. The number of carbonyl (C=O) groups is 1. The lowest BCUT2D eigenvalue weighted by atomic mass is 10.2. The van der Waals surface area contributed by atoms with Crippen molar-refractivity contribution in [3.8, 4) is 0 Å². The van der Waals surface area contributed by atoms with Crippen molar-refractivity contribution in [3.05, 3.63) is 59.5 Å². The Morgan fingerprint density at radius 3 is 2.38 bits per heavy atom. The number of nitrogens with one attached hydrogen (secondary N) is 1. The molecule has 0 unspecified atom stereocenters. The molecule has 136 valence electrons. The lowest BCUT2D eigenvalue weighted by Crippen LogP contribution is -2.21. The molecule has 5 heteroatoms. The van der Waals surface area contributed by atoms with Crippen LogP contribution in [0.4, 0.5) is 11.4 Å². The average Bonchev–Trinajstić information content (AvgIpc) is 2.99. The van der Waals surface area contributed by atoms with Gasteiger partial charge >= 0.3 is 0 Å². The Morgan fingerprint density at radius 2 is 1.77 bits per heavy atom. The number of carbonyl (C=O) groups excluding carboxylic acids is 1. The summed E-state index contributed by atoms with van der Waals surface area (Å²) >= 11 is 0. The van der Waals surface area contributed by atoms with Gasteiger partial charge in [0.2, 0.25) is 0 Å². The number of imidazole rings is 1. The van der Waals surface area contributed by atoms with Crippen molar-refractivity contribution in [3.63, 3.8) is 0 Å².